The van der Waals surface area contributed by atoms with E-state index in [-0.39, 0.29) is 12.7 Å². The molecule has 0 saturated heterocycles. The third-order valence-electron chi connectivity index (χ3n) is 3.77. The second-order valence-electron chi connectivity index (χ2n) is 5.08. The largest absolute Gasteiger partial charge is 0.496 e. The van der Waals surface area contributed by atoms with Crippen LogP contribution in [0.2, 0.25) is 0 Å². The van der Waals surface area contributed by atoms with Gasteiger partial charge in [0.15, 0.2) is 11.5 Å². The highest BCUT2D eigenvalue weighted by atomic mass is 16.7. The zero-order valence-corrected chi connectivity index (χ0v) is 12.0. The van der Waals surface area contributed by atoms with Crippen molar-refractivity contribution in [2.24, 2.45) is 0 Å². The molecule has 1 atom stereocenters. The van der Waals surface area contributed by atoms with Crippen molar-refractivity contribution < 1.29 is 14.2 Å². The molecule has 0 fully saturated rings. The molecule has 104 valence electrons. The zero-order chi connectivity index (χ0) is 14.1. The number of ether oxygens (including phenoxy) is 3. The van der Waals surface area contributed by atoms with Crippen molar-refractivity contribution in [3.63, 3.8) is 0 Å². The van der Waals surface area contributed by atoms with Crippen molar-refractivity contribution in [3.8, 4) is 17.2 Å². The Kier molecular flexibility index (Phi) is 3.26. The van der Waals surface area contributed by atoms with Crippen LogP contribution in [0.5, 0.6) is 17.2 Å². The van der Waals surface area contributed by atoms with Crippen LogP contribution in [0.15, 0.2) is 36.4 Å². The van der Waals surface area contributed by atoms with Crippen LogP contribution in [0.25, 0.3) is 0 Å². The average molecular weight is 270 g/mol. The van der Waals surface area contributed by atoms with E-state index in [0.717, 1.165) is 22.8 Å². The molecule has 0 aromatic heterocycles. The molecule has 0 amide bonds. The number of rotatable bonds is 3. The first-order chi connectivity index (χ1) is 9.69. The number of hydrogen-bond donors (Lipinski definition) is 0. The van der Waals surface area contributed by atoms with E-state index in [2.05, 4.69) is 38.1 Å². The quantitative estimate of drug-likeness (QED) is 0.847. The normalized spacial score (nSPS) is 14.2. The molecule has 2 aromatic carbocycles. The standard InChI is InChI=1S/C17H18O3/c1-11-4-6-13(7-5-11)12(2)14-8-16-17(20-10-19-16)9-15(14)18-3/h4-9,12H,10H2,1-3H3/t12-/m1/s1. The van der Waals surface area contributed by atoms with Crippen LogP contribution >= 0.6 is 0 Å². The lowest BCUT2D eigenvalue weighted by molar-refractivity contribution is 0.174. The monoisotopic (exact) mass is 270 g/mol. The van der Waals surface area contributed by atoms with E-state index in [1.54, 1.807) is 7.11 Å². The SMILES string of the molecule is COc1cc2c(cc1[C@H](C)c1ccc(C)cc1)OCO2. The van der Waals surface area contributed by atoms with Gasteiger partial charge in [0.1, 0.15) is 5.75 Å². The van der Waals surface area contributed by atoms with Crippen molar-refractivity contribution in [1.82, 2.24) is 0 Å². The molecule has 1 aliphatic heterocycles. The van der Waals surface area contributed by atoms with Crippen molar-refractivity contribution in [2.45, 2.75) is 19.8 Å². The van der Waals surface area contributed by atoms with E-state index in [9.17, 15) is 0 Å². The Morgan fingerprint density at radius 2 is 1.70 bits per heavy atom. The Labute approximate surface area is 119 Å². The molecule has 3 heteroatoms. The Bertz CT molecular complexity index is 617. The summed E-state index contributed by atoms with van der Waals surface area (Å²) in [6.07, 6.45) is 0. The number of hydrogen-bond acceptors (Lipinski definition) is 3. The topological polar surface area (TPSA) is 27.7 Å². The molecule has 0 N–H and O–H groups in total. The highest BCUT2D eigenvalue weighted by Crippen LogP contribution is 2.42. The minimum absolute atomic E-state index is 0.236. The van der Waals surface area contributed by atoms with Crippen molar-refractivity contribution in [3.05, 3.63) is 53.1 Å². The van der Waals surface area contributed by atoms with Crippen LogP contribution in [0, 0.1) is 6.92 Å². The van der Waals surface area contributed by atoms with E-state index in [1.807, 2.05) is 12.1 Å². The maximum absolute atomic E-state index is 5.50. The summed E-state index contributed by atoms with van der Waals surface area (Å²) in [6.45, 7) is 4.54. The van der Waals surface area contributed by atoms with Gasteiger partial charge in [-0.1, -0.05) is 36.8 Å². The molecule has 1 heterocycles. The van der Waals surface area contributed by atoms with Gasteiger partial charge in [-0.15, -0.1) is 0 Å². The number of aryl methyl sites for hydroxylation is 1. The minimum Gasteiger partial charge on any atom is -0.496 e. The number of benzene rings is 2. The predicted octanol–water partition coefficient (Wildman–Crippen LogP) is 3.88. The smallest absolute Gasteiger partial charge is 0.231 e. The summed E-state index contributed by atoms with van der Waals surface area (Å²) in [5.74, 6) is 2.61. The van der Waals surface area contributed by atoms with Gasteiger partial charge >= 0.3 is 0 Å². The summed E-state index contributed by atoms with van der Waals surface area (Å²) in [7, 11) is 1.68. The first-order valence-electron chi connectivity index (χ1n) is 6.73. The molecule has 3 rings (SSSR count). The highest BCUT2D eigenvalue weighted by Gasteiger charge is 2.21. The zero-order valence-electron chi connectivity index (χ0n) is 12.0. The fraction of sp³-hybridized carbons (Fsp3) is 0.294. The Hall–Kier alpha value is -2.16. The van der Waals surface area contributed by atoms with E-state index in [4.69, 9.17) is 14.2 Å². The van der Waals surface area contributed by atoms with Gasteiger partial charge in [-0.2, -0.15) is 0 Å². The van der Waals surface area contributed by atoms with E-state index in [0.29, 0.717) is 0 Å². The maximum Gasteiger partial charge on any atom is 0.231 e. The highest BCUT2D eigenvalue weighted by molar-refractivity contribution is 5.54. The molecule has 20 heavy (non-hydrogen) atoms. The van der Waals surface area contributed by atoms with Crippen LogP contribution in [-0.2, 0) is 0 Å². The van der Waals surface area contributed by atoms with Gasteiger partial charge in [-0.05, 0) is 18.6 Å². The van der Waals surface area contributed by atoms with E-state index >= 15 is 0 Å². The van der Waals surface area contributed by atoms with E-state index in [1.165, 1.54) is 11.1 Å². The molecule has 0 unspecified atom stereocenters. The van der Waals surface area contributed by atoms with Gasteiger partial charge in [0.25, 0.3) is 0 Å². The molecule has 3 nitrogen and oxygen atoms in total. The van der Waals surface area contributed by atoms with E-state index < -0.39 is 0 Å². The van der Waals surface area contributed by atoms with Crippen molar-refractivity contribution in [1.29, 1.82) is 0 Å². The molecule has 1 aliphatic rings. The van der Waals surface area contributed by atoms with Gasteiger partial charge in [0.2, 0.25) is 6.79 Å². The first-order valence-corrected chi connectivity index (χ1v) is 6.73. The molecule has 0 bridgehead atoms. The molecule has 2 aromatic rings. The van der Waals surface area contributed by atoms with Gasteiger partial charge in [-0.3, -0.25) is 0 Å². The Balaban J connectivity index is 2.02. The van der Waals surface area contributed by atoms with Crippen LogP contribution in [0.1, 0.15) is 29.5 Å². The average Bonchev–Trinajstić information content (AvgIpc) is 2.93. The summed E-state index contributed by atoms with van der Waals surface area (Å²) in [4.78, 5) is 0. The van der Waals surface area contributed by atoms with Gasteiger partial charge in [0, 0.05) is 17.5 Å². The first kappa shape index (κ1) is 12.9. The van der Waals surface area contributed by atoms with Crippen LogP contribution < -0.4 is 14.2 Å². The molecule has 0 aliphatic carbocycles. The lowest BCUT2D eigenvalue weighted by Crippen LogP contribution is -2.00. The third-order valence-corrected chi connectivity index (χ3v) is 3.77. The lowest BCUT2D eigenvalue weighted by Gasteiger charge is -2.17. The van der Waals surface area contributed by atoms with Crippen molar-refractivity contribution in [2.75, 3.05) is 13.9 Å². The lowest BCUT2D eigenvalue weighted by atomic mass is 9.91. The molecule has 0 radical (unpaired) electrons. The fourth-order valence-electron chi connectivity index (χ4n) is 2.49. The van der Waals surface area contributed by atoms with Gasteiger partial charge in [0.05, 0.1) is 7.11 Å². The molecule has 0 spiro atoms. The summed E-state index contributed by atoms with van der Waals surface area (Å²) in [5, 5.41) is 0. The summed E-state index contributed by atoms with van der Waals surface area (Å²) in [6, 6.07) is 12.5. The summed E-state index contributed by atoms with van der Waals surface area (Å²) in [5.41, 5.74) is 3.63. The maximum atomic E-state index is 5.50. The van der Waals surface area contributed by atoms with Crippen molar-refractivity contribution >= 4 is 0 Å². The Morgan fingerprint density at radius 3 is 2.35 bits per heavy atom. The van der Waals surface area contributed by atoms with Gasteiger partial charge in [-0.25, -0.2) is 0 Å². The third kappa shape index (κ3) is 2.20. The molecular formula is C17H18O3. The number of fused-ring (bicyclic) bond motifs is 1. The number of methoxy groups -OCH3 is 1. The summed E-state index contributed by atoms with van der Waals surface area (Å²) >= 11 is 0. The predicted molar refractivity (Wildman–Crippen MR) is 77.8 cm³/mol. The molecular weight excluding hydrogens is 252 g/mol. The summed E-state index contributed by atoms with van der Waals surface area (Å²) < 4.78 is 16.4. The van der Waals surface area contributed by atoms with Crippen LogP contribution in [0.4, 0.5) is 0 Å². The second kappa shape index (κ2) is 5.08. The second-order valence-corrected chi connectivity index (χ2v) is 5.08. The minimum atomic E-state index is 0.236. The Morgan fingerprint density at radius 1 is 1.05 bits per heavy atom. The molecule has 0 saturated carbocycles. The fourth-order valence-corrected chi connectivity index (χ4v) is 2.49. The van der Waals surface area contributed by atoms with Gasteiger partial charge < -0.3 is 14.2 Å². The van der Waals surface area contributed by atoms with Crippen LogP contribution in [0.3, 0.4) is 0 Å². The van der Waals surface area contributed by atoms with Crippen LogP contribution in [-0.4, -0.2) is 13.9 Å².